The number of nitrogens with one attached hydrogen (secondary N) is 2. The summed E-state index contributed by atoms with van der Waals surface area (Å²) in [6.45, 7) is 4.20. The molecule has 1 aromatic carbocycles. The monoisotopic (exact) mass is 580 g/mol. The van der Waals surface area contributed by atoms with Gasteiger partial charge < -0.3 is 19.9 Å². The van der Waals surface area contributed by atoms with Gasteiger partial charge in [0.25, 0.3) is 0 Å². The predicted octanol–water partition coefficient (Wildman–Crippen LogP) is 4.29. The number of anilines is 4. The van der Waals surface area contributed by atoms with Crippen molar-refractivity contribution in [2.75, 3.05) is 63.0 Å². The fraction of sp³-hybridized carbons (Fsp3) is 0.625. The first-order valence-electron chi connectivity index (χ1n) is 12.2. The van der Waals surface area contributed by atoms with E-state index in [1.54, 1.807) is 7.11 Å². The molecule has 34 heavy (non-hydrogen) atoms. The zero-order chi connectivity index (χ0) is 23.9. The average Bonchev–Trinajstić information content (AvgIpc) is 3.12. The maximum atomic E-state index is 5.48. The van der Waals surface area contributed by atoms with E-state index in [1.807, 2.05) is 12.1 Å². The van der Waals surface area contributed by atoms with Crippen LogP contribution in [0.1, 0.15) is 44.1 Å². The van der Waals surface area contributed by atoms with Crippen LogP contribution >= 0.6 is 22.6 Å². The highest BCUT2D eigenvalue weighted by Gasteiger charge is 2.24. The third-order valence-electron chi connectivity index (χ3n) is 6.72. The van der Waals surface area contributed by atoms with Gasteiger partial charge >= 0.3 is 0 Å². The Kier molecular flexibility index (Phi) is 9.01. The molecule has 2 saturated heterocycles. The number of alkyl halides is 1. The van der Waals surface area contributed by atoms with Crippen LogP contribution in [0.3, 0.4) is 0 Å². The minimum Gasteiger partial charge on any atom is -0.496 e. The minimum absolute atomic E-state index is 0.420. The average molecular weight is 581 g/mol. The number of piperidine rings is 1. The van der Waals surface area contributed by atoms with Gasteiger partial charge in [-0.25, -0.2) is 5.01 Å². The highest BCUT2D eigenvalue weighted by atomic mass is 127. The normalized spacial score (nSPS) is 18.4. The summed E-state index contributed by atoms with van der Waals surface area (Å²) in [6.07, 6.45) is 7.15. The summed E-state index contributed by atoms with van der Waals surface area (Å²) in [6, 6.07) is 6.50. The van der Waals surface area contributed by atoms with E-state index in [0.717, 1.165) is 60.4 Å². The highest BCUT2D eigenvalue weighted by Crippen LogP contribution is 2.27. The van der Waals surface area contributed by atoms with E-state index < -0.39 is 0 Å². The van der Waals surface area contributed by atoms with Crippen LogP contribution in [-0.4, -0.2) is 78.3 Å². The van der Waals surface area contributed by atoms with Crippen LogP contribution in [-0.2, 0) is 4.43 Å². The maximum Gasteiger partial charge on any atom is 0.244 e. The fourth-order valence-corrected chi connectivity index (χ4v) is 5.18. The number of hydrazine groups is 1. The van der Waals surface area contributed by atoms with Crippen LogP contribution in [0, 0.1) is 0 Å². The first kappa shape index (κ1) is 25.2. The van der Waals surface area contributed by atoms with E-state index in [0.29, 0.717) is 23.9 Å². The van der Waals surface area contributed by atoms with Crippen molar-refractivity contribution in [1.29, 1.82) is 0 Å². The summed E-state index contributed by atoms with van der Waals surface area (Å²) in [4.78, 5) is 19.0. The SMILES string of the molecule is COc1ccc(Nc2nc(NN3CCCCCC3)nc(N(C)C3CCN(C)CC3)n2)cc1CI. The Morgan fingerprint density at radius 3 is 2.41 bits per heavy atom. The smallest absolute Gasteiger partial charge is 0.244 e. The zero-order valence-corrected chi connectivity index (χ0v) is 22.7. The van der Waals surface area contributed by atoms with Gasteiger partial charge in [-0.1, -0.05) is 35.4 Å². The van der Waals surface area contributed by atoms with Crippen LogP contribution in [0.15, 0.2) is 18.2 Å². The molecular weight excluding hydrogens is 543 g/mol. The van der Waals surface area contributed by atoms with Gasteiger partial charge in [-0.15, -0.1) is 0 Å². The van der Waals surface area contributed by atoms with E-state index in [9.17, 15) is 0 Å². The lowest BCUT2D eigenvalue weighted by atomic mass is 10.0. The molecule has 0 spiro atoms. The van der Waals surface area contributed by atoms with Gasteiger partial charge in [0.1, 0.15) is 5.75 Å². The number of ether oxygens (including phenoxy) is 1. The number of methoxy groups -OCH3 is 1. The number of benzene rings is 1. The largest absolute Gasteiger partial charge is 0.496 e. The van der Waals surface area contributed by atoms with Gasteiger partial charge in [0.2, 0.25) is 17.8 Å². The molecule has 2 aliphatic rings. The Morgan fingerprint density at radius 1 is 1.03 bits per heavy atom. The third kappa shape index (κ3) is 6.60. The summed E-state index contributed by atoms with van der Waals surface area (Å²) >= 11 is 2.35. The molecule has 2 aromatic rings. The molecule has 186 valence electrons. The lowest BCUT2D eigenvalue weighted by Gasteiger charge is -2.35. The molecule has 0 aliphatic carbocycles. The molecule has 10 heteroatoms. The van der Waals surface area contributed by atoms with Crippen LogP contribution in [0.4, 0.5) is 23.5 Å². The number of nitrogens with zero attached hydrogens (tertiary/aromatic N) is 6. The van der Waals surface area contributed by atoms with Crippen LogP contribution < -0.4 is 20.4 Å². The molecule has 0 unspecified atom stereocenters. The highest BCUT2D eigenvalue weighted by molar-refractivity contribution is 14.1. The number of halogens is 1. The van der Waals surface area contributed by atoms with Crippen LogP contribution in [0.25, 0.3) is 0 Å². The molecule has 4 rings (SSSR count). The van der Waals surface area contributed by atoms with Gasteiger partial charge in [0.05, 0.1) is 7.11 Å². The standard InChI is InChI=1S/C24H37IN8O/c1-31-14-10-20(11-15-31)32(2)24-28-22(26-19-8-9-21(34-3)18(16-19)17-25)27-23(29-24)30-33-12-6-4-5-7-13-33/h8-9,16,20H,4-7,10-15,17H2,1-3H3,(H2,26,27,28,29,30). The second-order valence-corrected chi connectivity index (χ2v) is 9.99. The van der Waals surface area contributed by atoms with Crippen molar-refractivity contribution < 1.29 is 4.74 Å². The topological polar surface area (TPSA) is 81.7 Å². The van der Waals surface area contributed by atoms with Gasteiger partial charge in [-0.3, -0.25) is 5.43 Å². The molecule has 0 saturated carbocycles. The van der Waals surface area contributed by atoms with Crippen molar-refractivity contribution in [3.05, 3.63) is 23.8 Å². The van der Waals surface area contributed by atoms with Crippen molar-refractivity contribution >= 4 is 46.1 Å². The Balaban J connectivity index is 1.59. The lowest BCUT2D eigenvalue weighted by molar-refractivity contribution is 0.252. The summed E-state index contributed by atoms with van der Waals surface area (Å²) in [5.41, 5.74) is 5.54. The second kappa shape index (κ2) is 12.2. The van der Waals surface area contributed by atoms with Crippen molar-refractivity contribution in [2.45, 2.75) is 49.0 Å². The molecule has 9 nitrogen and oxygen atoms in total. The molecule has 2 fully saturated rings. The quantitative estimate of drug-likeness (QED) is 0.351. The van der Waals surface area contributed by atoms with Crippen LogP contribution in [0.2, 0.25) is 0 Å². The van der Waals surface area contributed by atoms with Gasteiger partial charge in [-0.2, -0.15) is 15.0 Å². The minimum atomic E-state index is 0.420. The van der Waals surface area contributed by atoms with Crippen molar-refractivity contribution in [2.24, 2.45) is 0 Å². The van der Waals surface area contributed by atoms with Crippen molar-refractivity contribution in [3.63, 3.8) is 0 Å². The molecule has 0 radical (unpaired) electrons. The molecule has 0 bridgehead atoms. The molecule has 2 aliphatic heterocycles. The predicted molar refractivity (Wildman–Crippen MR) is 146 cm³/mol. The van der Waals surface area contributed by atoms with E-state index in [1.165, 1.54) is 25.7 Å². The summed E-state index contributed by atoms with van der Waals surface area (Å²) in [5.74, 6) is 2.73. The Hall–Kier alpha value is -1.92. The third-order valence-corrected chi connectivity index (χ3v) is 7.54. The fourth-order valence-electron chi connectivity index (χ4n) is 4.59. The second-order valence-electron chi connectivity index (χ2n) is 9.23. The lowest BCUT2D eigenvalue weighted by Crippen LogP contribution is -2.42. The van der Waals surface area contributed by atoms with E-state index in [2.05, 4.69) is 68.3 Å². The van der Waals surface area contributed by atoms with Crippen LogP contribution in [0.5, 0.6) is 5.75 Å². The van der Waals surface area contributed by atoms with E-state index in [-0.39, 0.29) is 0 Å². The molecule has 0 amide bonds. The first-order chi connectivity index (χ1) is 16.6. The number of hydrogen-bond acceptors (Lipinski definition) is 9. The molecule has 1 aromatic heterocycles. The molecule has 2 N–H and O–H groups in total. The molecule has 3 heterocycles. The van der Waals surface area contributed by atoms with Gasteiger partial charge in [-0.05, 0) is 64.0 Å². The van der Waals surface area contributed by atoms with Crippen molar-refractivity contribution in [1.82, 2.24) is 24.9 Å². The Morgan fingerprint density at radius 2 is 1.74 bits per heavy atom. The number of aromatic nitrogens is 3. The number of hydrogen-bond donors (Lipinski definition) is 2. The van der Waals surface area contributed by atoms with Crippen molar-refractivity contribution in [3.8, 4) is 5.75 Å². The Bertz CT molecular complexity index is 929. The van der Waals surface area contributed by atoms with Gasteiger partial charge in [0, 0.05) is 41.9 Å². The zero-order valence-electron chi connectivity index (χ0n) is 20.6. The van der Waals surface area contributed by atoms with E-state index in [4.69, 9.17) is 19.7 Å². The maximum absolute atomic E-state index is 5.48. The Labute approximate surface area is 216 Å². The summed E-state index contributed by atoms with van der Waals surface area (Å²) in [5, 5.41) is 5.65. The number of likely N-dealkylation sites (tertiary alicyclic amines) is 1. The van der Waals surface area contributed by atoms with Gasteiger partial charge in [0.15, 0.2) is 0 Å². The van der Waals surface area contributed by atoms with E-state index >= 15 is 0 Å². The first-order valence-corrected chi connectivity index (χ1v) is 13.8. The summed E-state index contributed by atoms with van der Waals surface area (Å²) < 4.78 is 6.34. The number of rotatable bonds is 8. The molecular formula is C24H37IN8O. The molecule has 0 atom stereocenters. The summed E-state index contributed by atoms with van der Waals surface area (Å²) in [7, 11) is 5.99.